The molecule has 3 nitrogen and oxygen atoms in total. The normalized spacial score (nSPS) is 13.7. The Hall–Kier alpha value is -1.48. The van der Waals surface area contributed by atoms with Crippen molar-refractivity contribution in [2.24, 2.45) is 4.99 Å². The van der Waals surface area contributed by atoms with Gasteiger partial charge in [-0.05, 0) is 12.5 Å². The molecule has 1 rings (SSSR count). The van der Waals surface area contributed by atoms with Crippen LogP contribution in [0.4, 0.5) is 0 Å². The smallest absolute Gasteiger partial charge is 0.245 e. The van der Waals surface area contributed by atoms with Crippen molar-refractivity contribution in [3.63, 3.8) is 0 Å². The largest absolute Gasteiger partial charge is 0.382 e. The Bertz CT molecular complexity index is 357. The summed E-state index contributed by atoms with van der Waals surface area (Å²) in [5.41, 5.74) is 1.19. The average Bonchev–Trinajstić information content (AvgIpc) is 2.29. The van der Waals surface area contributed by atoms with Gasteiger partial charge in [-0.1, -0.05) is 37.3 Å². The Kier molecular flexibility index (Phi) is 4.18. The van der Waals surface area contributed by atoms with Gasteiger partial charge in [0.15, 0.2) is 0 Å². The van der Waals surface area contributed by atoms with Crippen LogP contribution in [-0.4, -0.2) is 16.7 Å². The van der Waals surface area contributed by atoms with Crippen LogP contribution in [0.25, 0.3) is 0 Å². The number of aliphatic hydroxyl groups excluding tert-OH is 1. The third-order valence-corrected chi connectivity index (χ3v) is 2.11. The second-order valence-corrected chi connectivity index (χ2v) is 3.31. The van der Waals surface area contributed by atoms with E-state index in [1.807, 2.05) is 18.2 Å². The van der Waals surface area contributed by atoms with E-state index in [9.17, 15) is 9.90 Å². The standard InChI is InChI=1S/C12H15NO2/c1-3-11(14)13-9(2)12(15)10-7-5-4-6-8-10/h4-8,12,15H,3H2,1-2H3. The van der Waals surface area contributed by atoms with E-state index in [1.54, 1.807) is 26.0 Å². The molecule has 15 heavy (non-hydrogen) atoms. The molecule has 0 aliphatic heterocycles. The molecule has 0 saturated carbocycles. The first-order chi connectivity index (χ1) is 7.15. The summed E-state index contributed by atoms with van der Waals surface area (Å²) in [5.74, 6) is -0.206. The highest BCUT2D eigenvalue weighted by Gasteiger charge is 2.11. The Morgan fingerprint density at radius 3 is 2.53 bits per heavy atom. The minimum absolute atomic E-state index is 0.206. The number of benzene rings is 1. The first-order valence-electron chi connectivity index (χ1n) is 4.96. The summed E-state index contributed by atoms with van der Waals surface area (Å²) in [7, 11) is 0. The van der Waals surface area contributed by atoms with Crippen LogP contribution in [0.3, 0.4) is 0 Å². The average molecular weight is 205 g/mol. The van der Waals surface area contributed by atoms with Crippen molar-refractivity contribution in [3.8, 4) is 0 Å². The molecule has 1 unspecified atom stereocenters. The summed E-state index contributed by atoms with van der Waals surface area (Å²) in [6.45, 7) is 3.40. The van der Waals surface area contributed by atoms with Gasteiger partial charge in [0.25, 0.3) is 0 Å². The van der Waals surface area contributed by atoms with Gasteiger partial charge in [-0.2, -0.15) is 0 Å². The number of hydrogen-bond donors (Lipinski definition) is 1. The quantitative estimate of drug-likeness (QED) is 0.768. The van der Waals surface area contributed by atoms with Gasteiger partial charge in [-0.15, -0.1) is 0 Å². The monoisotopic (exact) mass is 205 g/mol. The van der Waals surface area contributed by atoms with Crippen molar-refractivity contribution < 1.29 is 9.90 Å². The van der Waals surface area contributed by atoms with Crippen molar-refractivity contribution >= 4 is 11.6 Å². The summed E-state index contributed by atoms with van der Waals surface area (Å²) >= 11 is 0. The minimum Gasteiger partial charge on any atom is -0.382 e. The summed E-state index contributed by atoms with van der Waals surface area (Å²) in [5, 5.41) is 9.85. The summed E-state index contributed by atoms with van der Waals surface area (Å²) in [6.07, 6.45) is -0.430. The Morgan fingerprint density at radius 2 is 2.00 bits per heavy atom. The van der Waals surface area contributed by atoms with Gasteiger partial charge < -0.3 is 5.11 Å². The van der Waals surface area contributed by atoms with Crippen LogP contribution in [-0.2, 0) is 4.79 Å². The minimum atomic E-state index is -0.790. The molecule has 1 aromatic carbocycles. The molecule has 0 aromatic heterocycles. The lowest BCUT2D eigenvalue weighted by molar-refractivity contribution is -0.117. The third-order valence-electron chi connectivity index (χ3n) is 2.11. The summed E-state index contributed by atoms with van der Waals surface area (Å²) < 4.78 is 0. The lowest BCUT2D eigenvalue weighted by Crippen LogP contribution is -2.10. The SMILES string of the molecule is CCC(=O)N=C(C)C(O)c1ccccc1. The predicted molar refractivity (Wildman–Crippen MR) is 59.8 cm³/mol. The Morgan fingerprint density at radius 1 is 1.40 bits per heavy atom. The second-order valence-electron chi connectivity index (χ2n) is 3.31. The van der Waals surface area contributed by atoms with Gasteiger partial charge in [0, 0.05) is 6.42 Å². The maximum absolute atomic E-state index is 11.1. The van der Waals surface area contributed by atoms with Crippen molar-refractivity contribution in [2.75, 3.05) is 0 Å². The molecule has 0 radical (unpaired) electrons. The number of aliphatic imine (C=N–C) groups is 1. The topological polar surface area (TPSA) is 49.7 Å². The molecule has 1 N–H and O–H groups in total. The van der Waals surface area contributed by atoms with Crippen LogP contribution in [0, 0.1) is 0 Å². The number of amides is 1. The molecular weight excluding hydrogens is 190 g/mol. The molecular formula is C12H15NO2. The van der Waals surface area contributed by atoms with Gasteiger partial charge in [-0.25, -0.2) is 4.99 Å². The predicted octanol–water partition coefficient (Wildman–Crippen LogP) is 2.12. The van der Waals surface area contributed by atoms with Gasteiger partial charge in [-0.3, -0.25) is 4.79 Å². The molecule has 0 aliphatic carbocycles. The number of hydrogen-bond acceptors (Lipinski definition) is 2. The number of aliphatic hydroxyl groups is 1. The molecule has 1 atom stereocenters. The molecule has 3 heteroatoms. The van der Waals surface area contributed by atoms with E-state index >= 15 is 0 Å². The Balaban J connectivity index is 2.81. The van der Waals surface area contributed by atoms with Gasteiger partial charge >= 0.3 is 0 Å². The van der Waals surface area contributed by atoms with E-state index in [1.165, 1.54) is 0 Å². The fourth-order valence-corrected chi connectivity index (χ4v) is 1.21. The number of nitrogens with zero attached hydrogens (tertiary/aromatic N) is 1. The fourth-order valence-electron chi connectivity index (χ4n) is 1.21. The van der Waals surface area contributed by atoms with Gasteiger partial charge in [0.1, 0.15) is 6.10 Å². The van der Waals surface area contributed by atoms with Gasteiger partial charge in [0.05, 0.1) is 5.71 Å². The third kappa shape index (κ3) is 3.29. The fraction of sp³-hybridized carbons (Fsp3) is 0.333. The molecule has 1 aromatic rings. The van der Waals surface area contributed by atoms with E-state index < -0.39 is 6.10 Å². The Labute approximate surface area is 89.5 Å². The van der Waals surface area contributed by atoms with Crippen LogP contribution in [0.2, 0.25) is 0 Å². The molecule has 80 valence electrons. The zero-order chi connectivity index (χ0) is 11.3. The molecule has 0 bridgehead atoms. The summed E-state index contributed by atoms with van der Waals surface area (Å²) in [6, 6.07) is 9.17. The van der Waals surface area contributed by atoms with Crippen LogP contribution in [0.1, 0.15) is 31.9 Å². The van der Waals surface area contributed by atoms with Crippen molar-refractivity contribution in [2.45, 2.75) is 26.4 Å². The number of carbonyl (C=O) groups is 1. The first kappa shape index (κ1) is 11.6. The second kappa shape index (κ2) is 5.41. The van der Waals surface area contributed by atoms with Gasteiger partial charge in [0.2, 0.25) is 5.91 Å². The zero-order valence-corrected chi connectivity index (χ0v) is 8.97. The van der Waals surface area contributed by atoms with E-state index in [2.05, 4.69) is 4.99 Å². The van der Waals surface area contributed by atoms with E-state index in [0.717, 1.165) is 5.56 Å². The van der Waals surface area contributed by atoms with Crippen LogP contribution in [0.15, 0.2) is 35.3 Å². The van der Waals surface area contributed by atoms with E-state index in [0.29, 0.717) is 12.1 Å². The zero-order valence-electron chi connectivity index (χ0n) is 8.97. The molecule has 0 spiro atoms. The number of carbonyl (C=O) groups excluding carboxylic acids is 1. The highest BCUT2D eigenvalue weighted by molar-refractivity contribution is 5.97. The molecule has 0 saturated heterocycles. The van der Waals surface area contributed by atoms with E-state index in [-0.39, 0.29) is 5.91 Å². The molecule has 0 fully saturated rings. The first-order valence-corrected chi connectivity index (χ1v) is 4.96. The highest BCUT2D eigenvalue weighted by Crippen LogP contribution is 2.13. The van der Waals surface area contributed by atoms with E-state index in [4.69, 9.17) is 0 Å². The van der Waals surface area contributed by atoms with Crippen molar-refractivity contribution in [1.29, 1.82) is 0 Å². The van der Waals surface area contributed by atoms with Crippen molar-refractivity contribution in [1.82, 2.24) is 0 Å². The maximum Gasteiger partial charge on any atom is 0.245 e. The maximum atomic E-state index is 11.1. The molecule has 1 amide bonds. The lowest BCUT2D eigenvalue weighted by Gasteiger charge is -2.09. The highest BCUT2D eigenvalue weighted by atomic mass is 16.3. The van der Waals surface area contributed by atoms with Crippen LogP contribution >= 0.6 is 0 Å². The molecule has 0 heterocycles. The lowest BCUT2D eigenvalue weighted by atomic mass is 10.1. The van der Waals surface area contributed by atoms with Crippen LogP contribution < -0.4 is 0 Å². The molecule has 0 aliphatic rings. The van der Waals surface area contributed by atoms with Crippen molar-refractivity contribution in [3.05, 3.63) is 35.9 Å². The van der Waals surface area contributed by atoms with Crippen LogP contribution in [0.5, 0.6) is 0 Å². The summed E-state index contributed by atoms with van der Waals surface area (Å²) in [4.78, 5) is 14.9. The number of rotatable bonds is 3.